The summed E-state index contributed by atoms with van der Waals surface area (Å²) in [5, 5.41) is 11.2. The molecule has 2 rings (SSSR count). The highest BCUT2D eigenvalue weighted by molar-refractivity contribution is 5.96. The van der Waals surface area contributed by atoms with Crippen LogP contribution in [0.2, 0.25) is 0 Å². The van der Waals surface area contributed by atoms with Gasteiger partial charge in [-0.2, -0.15) is 0 Å². The maximum Gasteiger partial charge on any atom is 0.350 e. The molecule has 0 radical (unpaired) electrons. The van der Waals surface area contributed by atoms with Crippen LogP contribution in [0.4, 0.5) is 5.69 Å². The molecule has 0 saturated heterocycles. The monoisotopic (exact) mass is 371 g/mol. The van der Waals surface area contributed by atoms with Crippen LogP contribution in [0.3, 0.4) is 0 Å². The second-order valence-electron chi connectivity index (χ2n) is 5.38. The highest BCUT2D eigenvalue weighted by atomic mass is 16.6. The number of ether oxygens (including phenoxy) is 3. The fraction of sp³-hybridized carbons (Fsp3) is 0.158. The van der Waals surface area contributed by atoms with E-state index in [0.29, 0.717) is 11.1 Å². The summed E-state index contributed by atoms with van der Waals surface area (Å²) in [7, 11) is 2.65. The van der Waals surface area contributed by atoms with Crippen LogP contribution in [-0.4, -0.2) is 31.1 Å². The van der Waals surface area contributed by atoms with Gasteiger partial charge in [0.1, 0.15) is 5.56 Å². The standard InChI is InChI=1S/C19H17NO7/c1-12-5-4-6-14(18(12)20(23)24)19(22)27-15-9-7-13(11-16(15)25-2)8-10-17(21)26-3/h4-11H,1-3H3/b10-8+. The molecule has 2 aromatic carbocycles. The Kier molecular flexibility index (Phi) is 6.27. The summed E-state index contributed by atoms with van der Waals surface area (Å²) in [6.45, 7) is 1.54. The Labute approximate surface area is 155 Å². The Morgan fingerprint density at radius 2 is 1.85 bits per heavy atom. The summed E-state index contributed by atoms with van der Waals surface area (Å²) in [5.74, 6) is -1.07. The molecule has 0 heterocycles. The van der Waals surface area contributed by atoms with E-state index in [-0.39, 0.29) is 22.7 Å². The van der Waals surface area contributed by atoms with Gasteiger partial charge in [0.25, 0.3) is 5.69 Å². The number of benzene rings is 2. The van der Waals surface area contributed by atoms with Crippen molar-refractivity contribution in [1.29, 1.82) is 0 Å². The van der Waals surface area contributed by atoms with E-state index in [1.807, 2.05) is 0 Å². The lowest BCUT2D eigenvalue weighted by Crippen LogP contribution is -2.12. The molecule has 0 saturated carbocycles. The topological polar surface area (TPSA) is 105 Å². The van der Waals surface area contributed by atoms with Crippen LogP contribution >= 0.6 is 0 Å². The molecule has 0 atom stereocenters. The molecule has 0 aliphatic rings. The Morgan fingerprint density at radius 1 is 1.11 bits per heavy atom. The lowest BCUT2D eigenvalue weighted by Gasteiger charge is -2.10. The van der Waals surface area contributed by atoms with Crippen LogP contribution in [0.5, 0.6) is 11.5 Å². The number of esters is 2. The van der Waals surface area contributed by atoms with Gasteiger partial charge in [0.2, 0.25) is 0 Å². The van der Waals surface area contributed by atoms with Gasteiger partial charge in [-0.15, -0.1) is 0 Å². The third kappa shape index (κ3) is 4.69. The van der Waals surface area contributed by atoms with E-state index >= 15 is 0 Å². The van der Waals surface area contributed by atoms with E-state index in [4.69, 9.17) is 9.47 Å². The van der Waals surface area contributed by atoms with Crippen LogP contribution in [0, 0.1) is 17.0 Å². The van der Waals surface area contributed by atoms with Gasteiger partial charge < -0.3 is 14.2 Å². The van der Waals surface area contributed by atoms with Gasteiger partial charge in [0.15, 0.2) is 11.5 Å². The third-order valence-electron chi connectivity index (χ3n) is 3.64. The quantitative estimate of drug-likeness (QED) is 0.252. The van der Waals surface area contributed by atoms with Crippen molar-refractivity contribution in [2.45, 2.75) is 6.92 Å². The number of para-hydroxylation sites is 1. The van der Waals surface area contributed by atoms with Crippen molar-refractivity contribution in [2.75, 3.05) is 14.2 Å². The molecule has 0 aliphatic heterocycles. The zero-order chi connectivity index (χ0) is 20.0. The first-order valence-electron chi connectivity index (χ1n) is 7.77. The van der Waals surface area contributed by atoms with E-state index in [0.717, 1.165) is 0 Å². The molecule has 0 N–H and O–H groups in total. The number of nitro groups is 1. The van der Waals surface area contributed by atoms with E-state index in [9.17, 15) is 19.7 Å². The first-order valence-corrected chi connectivity index (χ1v) is 7.77. The van der Waals surface area contributed by atoms with Crippen molar-refractivity contribution in [3.63, 3.8) is 0 Å². The van der Waals surface area contributed by atoms with Crippen LogP contribution in [0.25, 0.3) is 6.08 Å². The predicted octanol–water partition coefficient (Wildman–Crippen LogP) is 3.32. The van der Waals surface area contributed by atoms with E-state index in [2.05, 4.69) is 4.74 Å². The number of hydrogen-bond acceptors (Lipinski definition) is 7. The molecule has 27 heavy (non-hydrogen) atoms. The van der Waals surface area contributed by atoms with Crippen molar-refractivity contribution < 1.29 is 28.7 Å². The summed E-state index contributed by atoms with van der Waals surface area (Å²) >= 11 is 0. The number of carbonyl (C=O) groups excluding carboxylic acids is 2. The average molecular weight is 371 g/mol. The highest BCUT2D eigenvalue weighted by Crippen LogP contribution is 2.31. The molecule has 0 aliphatic carbocycles. The first kappa shape index (κ1) is 19.6. The number of nitrogens with zero attached hydrogens (tertiary/aromatic N) is 1. The van der Waals surface area contributed by atoms with Gasteiger partial charge in [-0.1, -0.05) is 18.2 Å². The number of aryl methyl sites for hydroxylation is 1. The summed E-state index contributed by atoms with van der Waals surface area (Å²) < 4.78 is 15.0. The van der Waals surface area contributed by atoms with E-state index in [1.54, 1.807) is 12.1 Å². The zero-order valence-corrected chi connectivity index (χ0v) is 14.9. The number of methoxy groups -OCH3 is 2. The van der Waals surface area contributed by atoms with Crippen molar-refractivity contribution >= 4 is 23.7 Å². The maximum atomic E-state index is 12.4. The summed E-state index contributed by atoms with van der Waals surface area (Å²) in [5.41, 5.74) is 0.499. The summed E-state index contributed by atoms with van der Waals surface area (Å²) in [4.78, 5) is 34.2. The van der Waals surface area contributed by atoms with E-state index in [1.165, 1.54) is 57.6 Å². The number of rotatable bonds is 6. The minimum atomic E-state index is -0.874. The fourth-order valence-electron chi connectivity index (χ4n) is 2.33. The minimum Gasteiger partial charge on any atom is -0.493 e. The minimum absolute atomic E-state index is 0.0912. The summed E-state index contributed by atoms with van der Waals surface area (Å²) in [6, 6.07) is 9.01. The second-order valence-corrected chi connectivity index (χ2v) is 5.38. The molecule has 140 valence electrons. The Hall–Kier alpha value is -3.68. The molecule has 8 heteroatoms. The molecule has 0 unspecified atom stereocenters. The molecule has 0 aromatic heterocycles. The molecular weight excluding hydrogens is 354 g/mol. The SMILES string of the molecule is COC(=O)/C=C/c1ccc(OC(=O)c2cccc(C)c2[N+](=O)[O-])c(OC)c1. The molecular formula is C19H17NO7. The van der Waals surface area contributed by atoms with E-state index < -0.39 is 16.9 Å². The lowest BCUT2D eigenvalue weighted by atomic mass is 10.1. The normalized spacial score (nSPS) is 10.5. The van der Waals surface area contributed by atoms with Crippen molar-refractivity contribution in [1.82, 2.24) is 0 Å². The second kappa shape index (κ2) is 8.61. The zero-order valence-electron chi connectivity index (χ0n) is 14.9. The first-order chi connectivity index (χ1) is 12.9. The van der Waals surface area contributed by atoms with Crippen molar-refractivity contribution in [3.8, 4) is 11.5 Å². The Bertz CT molecular complexity index is 918. The third-order valence-corrected chi connectivity index (χ3v) is 3.64. The van der Waals surface area contributed by atoms with Crippen LogP contribution in [0.1, 0.15) is 21.5 Å². The van der Waals surface area contributed by atoms with Gasteiger partial charge in [-0.25, -0.2) is 9.59 Å². The van der Waals surface area contributed by atoms with Gasteiger partial charge in [0, 0.05) is 11.6 Å². The van der Waals surface area contributed by atoms with Crippen LogP contribution in [-0.2, 0) is 9.53 Å². The molecule has 8 nitrogen and oxygen atoms in total. The Morgan fingerprint density at radius 3 is 2.48 bits per heavy atom. The van der Waals surface area contributed by atoms with Gasteiger partial charge in [-0.3, -0.25) is 10.1 Å². The smallest absolute Gasteiger partial charge is 0.350 e. The fourth-order valence-corrected chi connectivity index (χ4v) is 2.33. The number of hydrogen-bond donors (Lipinski definition) is 0. The van der Waals surface area contributed by atoms with Crippen LogP contribution < -0.4 is 9.47 Å². The van der Waals surface area contributed by atoms with Gasteiger partial charge in [0.05, 0.1) is 19.1 Å². The largest absolute Gasteiger partial charge is 0.493 e. The highest BCUT2D eigenvalue weighted by Gasteiger charge is 2.24. The van der Waals surface area contributed by atoms with Gasteiger partial charge in [-0.05, 0) is 36.8 Å². The Balaban J connectivity index is 2.31. The van der Waals surface area contributed by atoms with Crippen molar-refractivity contribution in [2.24, 2.45) is 0 Å². The molecule has 2 aromatic rings. The number of nitro benzene ring substituents is 1. The summed E-state index contributed by atoms with van der Waals surface area (Å²) in [6.07, 6.45) is 2.74. The molecule has 0 amide bonds. The van der Waals surface area contributed by atoms with Crippen LogP contribution in [0.15, 0.2) is 42.5 Å². The maximum absolute atomic E-state index is 12.4. The number of carbonyl (C=O) groups is 2. The van der Waals surface area contributed by atoms with Crippen molar-refractivity contribution in [3.05, 3.63) is 69.3 Å². The van der Waals surface area contributed by atoms with Gasteiger partial charge >= 0.3 is 11.9 Å². The molecule has 0 spiro atoms. The lowest BCUT2D eigenvalue weighted by molar-refractivity contribution is -0.385. The average Bonchev–Trinajstić information content (AvgIpc) is 2.66. The molecule has 0 bridgehead atoms. The molecule has 0 fully saturated rings. The predicted molar refractivity (Wildman–Crippen MR) is 96.8 cm³/mol.